The van der Waals surface area contributed by atoms with Crippen LogP contribution in [0.5, 0.6) is 0 Å². The number of amides is 3. The monoisotopic (exact) mass is 685 g/mol. The minimum Gasteiger partial charge on any atom is -0.344 e. The molecule has 0 saturated carbocycles. The van der Waals surface area contributed by atoms with E-state index in [0.717, 1.165) is 34.3 Å². The predicted molar refractivity (Wildman–Crippen MR) is 198 cm³/mol. The van der Waals surface area contributed by atoms with Crippen molar-refractivity contribution in [2.75, 3.05) is 5.75 Å². The van der Waals surface area contributed by atoms with E-state index in [4.69, 9.17) is 0 Å². The molecule has 11 heteroatoms. The van der Waals surface area contributed by atoms with Crippen molar-refractivity contribution in [3.8, 4) is 5.69 Å². The number of nitrogens with zero attached hydrogens (tertiary/aromatic N) is 4. The van der Waals surface area contributed by atoms with Gasteiger partial charge in [-0.25, -0.2) is 0 Å². The lowest BCUT2D eigenvalue weighted by Crippen LogP contribution is -2.42. The van der Waals surface area contributed by atoms with Gasteiger partial charge in [0.2, 0.25) is 5.91 Å². The highest BCUT2D eigenvalue weighted by atomic mass is 32.2. The van der Waals surface area contributed by atoms with Crippen LogP contribution >= 0.6 is 11.8 Å². The summed E-state index contributed by atoms with van der Waals surface area (Å²) in [6, 6.07) is 26.8. The molecule has 10 nitrogen and oxygen atoms in total. The Morgan fingerprint density at radius 1 is 1.00 bits per heavy atom. The Balaban J connectivity index is 1.44. The van der Waals surface area contributed by atoms with Crippen LogP contribution in [0, 0.1) is 24.0 Å². The molecule has 3 amide bonds. The zero-order valence-corrected chi connectivity index (χ0v) is 28.6. The Hall–Kier alpha value is -6.07. The number of aryl methyl sites for hydroxylation is 1. The Morgan fingerprint density at radius 3 is 2.18 bits per heavy atom. The number of nitrogens with one attached hydrogen (secondary N) is 1. The topological polar surface area (TPSA) is 127 Å². The highest BCUT2D eigenvalue weighted by molar-refractivity contribution is 8.14. The zero-order valence-electron chi connectivity index (χ0n) is 27.8. The minimum absolute atomic E-state index is 0.0291. The van der Waals surface area contributed by atoms with Gasteiger partial charge in [-0.15, -0.1) is 0 Å². The number of amidine groups is 1. The van der Waals surface area contributed by atoms with Crippen molar-refractivity contribution < 1.29 is 19.3 Å². The number of carbonyl (C=O) groups excluding carboxylic acids is 3. The maximum atomic E-state index is 14.2. The molecule has 4 aromatic rings. The molecule has 0 bridgehead atoms. The van der Waals surface area contributed by atoms with Crippen LogP contribution in [-0.2, 0) is 14.4 Å². The largest absolute Gasteiger partial charge is 0.344 e. The Morgan fingerprint density at radius 2 is 1.62 bits per heavy atom. The van der Waals surface area contributed by atoms with Crippen LogP contribution < -0.4 is 5.32 Å². The summed E-state index contributed by atoms with van der Waals surface area (Å²) in [5, 5.41) is 14.3. The van der Waals surface area contributed by atoms with E-state index in [-0.39, 0.29) is 28.1 Å². The second-order valence-corrected chi connectivity index (χ2v) is 12.2. The van der Waals surface area contributed by atoms with E-state index >= 15 is 0 Å². The quantitative estimate of drug-likeness (QED) is 0.0577. The van der Waals surface area contributed by atoms with Gasteiger partial charge in [0.1, 0.15) is 5.57 Å². The van der Waals surface area contributed by atoms with Gasteiger partial charge in [-0.05, 0) is 67.8 Å². The molecular weight excluding hydrogens is 651 g/mol. The molecule has 1 aliphatic heterocycles. The molecule has 0 radical (unpaired) electrons. The van der Waals surface area contributed by atoms with Gasteiger partial charge in [-0.3, -0.25) is 29.4 Å². The van der Waals surface area contributed by atoms with E-state index < -0.39 is 22.8 Å². The van der Waals surface area contributed by atoms with E-state index in [2.05, 4.69) is 16.9 Å². The van der Waals surface area contributed by atoms with Gasteiger partial charge < -0.3 is 9.88 Å². The van der Waals surface area contributed by atoms with Crippen molar-refractivity contribution in [1.82, 2.24) is 14.8 Å². The number of hydrogen-bond donors (Lipinski definition) is 1. The van der Waals surface area contributed by atoms with Gasteiger partial charge in [-0.1, -0.05) is 97.2 Å². The minimum atomic E-state index is -0.733. The lowest BCUT2D eigenvalue weighted by Gasteiger charge is -2.28. The summed E-state index contributed by atoms with van der Waals surface area (Å²) in [6.07, 6.45) is 8.13. The maximum absolute atomic E-state index is 14.2. The number of benzene rings is 3. The molecule has 0 atom stereocenters. The molecule has 1 aromatic heterocycles. The lowest BCUT2D eigenvalue weighted by molar-refractivity contribution is -0.384. The molecule has 0 aliphatic carbocycles. The van der Waals surface area contributed by atoms with Crippen LogP contribution in [0.2, 0.25) is 0 Å². The number of carbonyl (C=O) groups is 3. The fourth-order valence-corrected chi connectivity index (χ4v) is 6.41. The van der Waals surface area contributed by atoms with Crippen LogP contribution in [0.1, 0.15) is 41.0 Å². The average Bonchev–Trinajstić information content (AvgIpc) is 3.41. The first-order valence-electron chi connectivity index (χ1n) is 15.7. The molecule has 0 saturated heterocycles. The van der Waals surface area contributed by atoms with Crippen LogP contribution in [0.4, 0.5) is 5.69 Å². The predicted octanol–water partition coefficient (Wildman–Crippen LogP) is 7.40. The number of nitro benzene ring substituents is 1. The number of hydrogen-bond acceptors (Lipinski definition) is 6. The second kappa shape index (κ2) is 15.9. The van der Waals surface area contributed by atoms with E-state index in [0.29, 0.717) is 16.9 Å². The van der Waals surface area contributed by atoms with Gasteiger partial charge in [0.25, 0.3) is 17.5 Å². The van der Waals surface area contributed by atoms with Gasteiger partial charge in [-0.2, -0.15) is 4.99 Å². The summed E-state index contributed by atoms with van der Waals surface area (Å²) in [5.74, 6) is -1.74. The standard InChI is InChI=1S/C39H35N5O5S/c1-5-7-18-31(6-2)43-38(47)34(24-30-23-26(3)42(27(30)4)32-19-21-33(22-20-32)44(48)49)37(46)41-39(43)50-25-35(45)40-36(28-14-10-8-11-15-28)29-16-12-9-13-17-29/h5-24,36H,1,25H2,2-4H3,(H,40,45)/b18-7-,31-6+,34-24-. The molecule has 0 spiro atoms. The molecular formula is C39H35N5O5S. The van der Waals surface area contributed by atoms with Gasteiger partial charge in [0, 0.05) is 34.9 Å². The first kappa shape index (κ1) is 35.2. The Bertz CT molecular complexity index is 2020. The third-order valence-electron chi connectivity index (χ3n) is 8.00. The molecule has 3 aromatic carbocycles. The van der Waals surface area contributed by atoms with Crippen LogP contribution in [0.15, 0.2) is 138 Å². The Kier molecular flexibility index (Phi) is 11.2. The summed E-state index contributed by atoms with van der Waals surface area (Å²) < 4.78 is 1.89. The van der Waals surface area contributed by atoms with Crippen molar-refractivity contribution in [3.63, 3.8) is 0 Å². The number of nitro groups is 1. The number of aliphatic imine (C=N–C) groups is 1. The molecule has 1 aliphatic rings. The molecule has 2 heterocycles. The van der Waals surface area contributed by atoms with Crippen molar-refractivity contribution in [2.24, 2.45) is 4.99 Å². The molecule has 0 unspecified atom stereocenters. The highest BCUT2D eigenvalue weighted by Gasteiger charge is 2.35. The van der Waals surface area contributed by atoms with Crippen LogP contribution in [0.25, 0.3) is 11.8 Å². The van der Waals surface area contributed by atoms with Gasteiger partial charge in [0.05, 0.1) is 16.7 Å². The summed E-state index contributed by atoms with van der Waals surface area (Å²) in [5.41, 5.74) is 4.92. The first-order valence-corrected chi connectivity index (χ1v) is 16.7. The zero-order chi connectivity index (χ0) is 35.8. The van der Waals surface area contributed by atoms with E-state index in [1.165, 1.54) is 23.1 Å². The second-order valence-electron chi connectivity index (χ2n) is 11.3. The Labute approximate surface area is 294 Å². The van der Waals surface area contributed by atoms with Crippen molar-refractivity contribution in [1.29, 1.82) is 0 Å². The number of aromatic nitrogens is 1. The van der Waals surface area contributed by atoms with Crippen LogP contribution in [0.3, 0.4) is 0 Å². The third-order valence-corrected chi connectivity index (χ3v) is 8.94. The number of thioether (sulfide) groups is 1. The fourth-order valence-electron chi connectivity index (χ4n) is 5.60. The molecule has 5 rings (SSSR count). The lowest BCUT2D eigenvalue weighted by atomic mass is 9.99. The number of allylic oxidation sites excluding steroid dienone is 4. The van der Waals surface area contributed by atoms with E-state index in [9.17, 15) is 24.5 Å². The fraction of sp³-hybridized carbons (Fsp3) is 0.128. The van der Waals surface area contributed by atoms with Crippen LogP contribution in [-0.4, -0.2) is 43.0 Å². The maximum Gasteiger partial charge on any atom is 0.285 e. The van der Waals surface area contributed by atoms with Crippen molar-refractivity contribution >= 4 is 46.4 Å². The van der Waals surface area contributed by atoms with E-state index in [1.807, 2.05) is 85.1 Å². The third kappa shape index (κ3) is 7.79. The first-order chi connectivity index (χ1) is 24.1. The summed E-state index contributed by atoms with van der Waals surface area (Å²) in [4.78, 5) is 57.4. The van der Waals surface area contributed by atoms with Gasteiger partial charge >= 0.3 is 0 Å². The van der Waals surface area contributed by atoms with Gasteiger partial charge in [0.15, 0.2) is 5.17 Å². The molecule has 50 heavy (non-hydrogen) atoms. The van der Waals surface area contributed by atoms with Crippen molar-refractivity contribution in [3.05, 3.63) is 171 Å². The SMILES string of the molecule is C=C/C=C\C(=C/C)N1C(=O)/C(=C\c2cc(C)n(-c3ccc([N+](=O)[O-])cc3)c2C)C(=O)N=C1SCC(=O)NC(c1ccccc1)c1ccccc1. The smallest absolute Gasteiger partial charge is 0.285 e. The average molecular weight is 686 g/mol. The molecule has 1 N–H and O–H groups in total. The van der Waals surface area contributed by atoms with E-state index in [1.54, 1.807) is 43.4 Å². The normalized spacial score (nSPS) is 14.4. The summed E-state index contributed by atoms with van der Waals surface area (Å²) in [6.45, 7) is 9.18. The molecule has 0 fully saturated rings. The van der Waals surface area contributed by atoms with Crippen molar-refractivity contribution in [2.45, 2.75) is 26.8 Å². The number of non-ortho nitro benzene ring substituents is 1. The summed E-state index contributed by atoms with van der Waals surface area (Å²) >= 11 is 0.991. The summed E-state index contributed by atoms with van der Waals surface area (Å²) in [7, 11) is 0. The number of rotatable bonds is 11. The highest BCUT2D eigenvalue weighted by Crippen LogP contribution is 2.29. The molecule has 252 valence electrons.